The molecule has 1 fully saturated rings. The van der Waals surface area contributed by atoms with E-state index in [-0.39, 0.29) is 16.7 Å². The molecule has 1 amide bonds. The summed E-state index contributed by atoms with van der Waals surface area (Å²) in [5, 5.41) is 3.02. The second-order valence-corrected chi connectivity index (χ2v) is 9.92. The Morgan fingerprint density at radius 3 is 2.32 bits per heavy atom. The topological polar surface area (TPSA) is 69.7 Å². The van der Waals surface area contributed by atoms with Crippen LogP contribution in [0.4, 0.5) is 5.69 Å². The van der Waals surface area contributed by atoms with Crippen LogP contribution in [-0.4, -0.2) is 51.4 Å². The minimum Gasteiger partial charge on any atom is -0.371 e. The third kappa shape index (κ3) is 5.28. The van der Waals surface area contributed by atoms with Crippen molar-refractivity contribution in [1.82, 2.24) is 9.62 Å². The van der Waals surface area contributed by atoms with Crippen molar-refractivity contribution < 1.29 is 13.2 Å². The number of sulfonamides is 1. The molecule has 0 aromatic heterocycles. The maximum Gasteiger partial charge on any atom is 0.253 e. The van der Waals surface area contributed by atoms with Crippen molar-refractivity contribution in [1.29, 1.82) is 0 Å². The van der Waals surface area contributed by atoms with Gasteiger partial charge in [-0.1, -0.05) is 51.1 Å². The van der Waals surface area contributed by atoms with Gasteiger partial charge in [-0.2, -0.15) is 4.31 Å². The van der Waals surface area contributed by atoms with E-state index in [0.29, 0.717) is 25.2 Å². The predicted molar refractivity (Wildman–Crippen MR) is 125 cm³/mol. The molecule has 1 saturated heterocycles. The van der Waals surface area contributed by atoms with E-state index in [9.17, 15) is 13.2 Å². The molecule has 1 aliphatic heterocycles. The minimum atomic E-state index is -3.64. The van der Waals surface area contributed by atoms with E-state index < -0.39 is 10.0 Å². The lowest BCUT2D eigenvalue weighted by Crippen LogP contribution is -2.32. The van der Waals surface area contributed by atoms with Crippen molar-refractivity contribution in [3.8, 4) is 0 Å². The maximum absolute atomic E-state index is 13.2. The van der Waals surface area contributed by atoms with Gasteiger partial charge in [0, 0.05) is 38.4 Å². The Labute approximate surface area is 186 Å². The molecule has 7 heteroatoms. The molecule has 168 valence electrons. The van der Waals surface area contributed by atoms with Gasteiger partial charge in [0.2, 0.25) is 10.0 Å². The fraction of sp³-hybridized carbons (Fsp3) is 0.458. The van der Waals surface area contributed by atoms with Crippen molar-refractivity contribution in [2.24, 2.45) is 0 Å². The molecule has 0 aliphatic carbocycles. The average molecular weight is 444 g/mol. The fourth-order valence-electron chi connectivity index (χ4n) is 4.04. The molecule has 31 heavy (non-hydrogen) atoms. The van der Waals surface area contributed by atoms with Gasteiger partial charge in [-0.05, 0) is 42.5 Å². The van der Waals surface area contributed by atoms with Crippen molar-refractivity contribution in [2.45, 2.75) is 44.4 Å². The quantitative estimate of drug-likeness (QED) is 0.639. The van der Waals surface area contributed by atoms with Crippen molar-refractivity contribution >= 4 is 21.6 Å². The van der Waals surface area contributed by atoms with Crippen LogP contribution in [0.3, 0.4) is 0 Å². The summed E-state index contributed by atoms with van der Waals surface area (Å²) in [6.45, 7) is 8.72. The van der Waals surface area contributed by atoms with E-state index in [1.165, 1.54) is 4.31 Å². The normalized spacial score (nSPS) is 15.3. The first kappa shape index (κ1) is 23.3. The summed E-state index contributed by atoms with van der Waals surface area (Å²) in [5.74, 6) is -0.0794. The number of anilines is 1. The van der Waals surface area contributed by atoms with E-state index in [4.69, 9.17) is 0 Å². The highest BCUT2D eigenvalue weighted by Crippen LogP contribution is 2.28. The van der Waals surface area contributed by atoms with E-state index in [1.807, 2.05) is 44.2 Å². The van der Waals surface area contributed by atoms with Gasteiger partial charge in [0.1, 0.15) is 0 Å². The van der Waals surface area contributed by atoms with Gasteiger partial charge in [-0.3, -0.25) is 4.79 Å². The molecule has 0 bridgehead atoms. The Bertz CT molecular complexity index is 982. The lowest BCUT2D eigenvalue weighted by molar-refractivity contribution is 0.0952. The Kier molecular flexibility index (Phi) is 7.73. The third-order valence-corrected chi connectivity index (χ3v) is 7.99. The molecule has 0 radical (unpaired) electrons. The van der Waals surface area contributed by atoms with Gasteiger partial charge < -0.3 is 10.2 Å². The standard InChI is InChI=1S/C24H33N3O3S/c1-4-27(5-2)31(29,30)21-13-14-23(26-15-9-10-16-26)22(17-21)24(28)25-18-19(3)20-11-7-6-8-12-20/h6-8,11-14,17,19H,4-5,9-10,15-16,18H2,1-3H3,(H,25,28)/t19-/m1/s1. The first-order chi connectivity index (χ1) is 14.9. The van der Waals surface area contributed by atoms with E-state index >= 15 is 0 Å². The summed E-state index contributed by atoms with van der Waals surface area (Å²) in [4.78, 5) is 15.5. The summed E-state index contributed by atoms with van der Waals surface area (Å²) >= 11 is 0. The molecule has 1 N–H and O–H groups in total. The third-order valence-electron chi connectivity index (χ3n) is 5.94. The highest BCUT2D eigenvalue weighted by atomic mass is 32.2. The molecular weight excluding hydrogens is 410 g/mol. The molecule has 3 rings (SSSR count). The molecule has 6 nitrogen and oxygen atoms in total. The Balaban J connectivity index is 1.89. The van der Waals surface area contributed by atoms with Gasteiger partial charge in [0.15, 0.2) is 0 Å². The first-order valence-corrected chi connectivity index (χ1v) is 12.5. The maximum atomic E-state index is 13.2. The molecule has 1 heterocycles. The largest absolute Gasteiger partial charge is 0.371 e. The number of carbonyl (C=O) groups is 1. The Morgan fingerprint density at radius 2 is 1.71 bits per heavy atom. The lowest BCUT2D eigenvalue weighted by Gasteiger charge is -2.24. The van der Waals surface area contributed by atoms with Crippen LogP contribution >= 0.6 is 0 Å². The molecule has 0 unspecified atom stereocenters. The summed E-state index contributed by atoms with van der Waals surface area (Å²) in [5.41, 5.74) is 2.39. The van der Waals surface area contributed by atoms with Crippen LogP contribution in [0.1, 0.15) is 55.5 Å². The zero-order valence-electron chi connectivity index (χ0n) is 18.7. The van der Waals surface area contributed by atoms with Gasteiger partial charge in [-0.25, -0.2) is 8.42 Å². The highest BCUT2D eigenvalue weighted by molar-refractivity contribution is 7.89. The number of rotatable bonds is 9. The van der Waals surface area contributed by atoms with Crippen LogP contribution in [0.25, 0.3) is 0 Å². The van der Waals surface area contributed by atoms with Crippen LogP contribution in [0, 0.1) is 0 Å². The first-order valence-electron chi connectivity index (χ1n) is 11.1. The minimum absolute atomic E-state index is 0.156. The number of hydrogen-bond donors (Lipinski definition) is 1. The smallest absolute Gasteiger partial charge is 0.253 e. The fourth-order valence-corrected chi connectivity index (χ4v) is 5.53. The summed E-state index contributed by atoms with van der Waals surface area (Å²) < 4.78 is 27.5. The number of nitrogens with zero attached hydrogens (tertiary/aromatic N) is 2. The van der Waals surface area contributed by atoms with Gasteiger partial charge in [0.25, 0.3) is 5.91 Å². The molecule has 0 spiro atoms. The van der Waals surface area contributed by atoms with E-state index in [1.54, 1.807) is 18.2 Å². The molecular formula is C24H33N3O3S. The van der Waals surface area contributed by atoms with Crippen LogP contribution < -0.4 is 10.2 Å². The zero-order valence-corrected chi connectivity index (χ0v) is 19.5. The average Bonchev–Trinajstić information content (AvgIpc) is 3.33. The molecule has 0 saturated carbocycles. The number of benzene rings is 2. The van der Waals surface area contributed by atoms with Crippen LogP contribution in [0.15, 0.2) is 53.4 Å². The van der Waals surface area contributed by atoms with Crippen molar-refractivity contribution in [3.63, 3.8) is 0 Å². The van der Waals surface area contributed by atoms with Gasteiger partial charge >= 0.3 is 0 Å². The van der Waals surface area contributed by atoms with E-state index in [2.05, 4.69) is 17.1 Å². The number of amides is 1. The molecule has 2 aromatic carbocycles. The van der Waals surface area contributed by atoms with E-state index in [0.717, 1.165) is 37.2 Å². The van der Waals surface area contributed by atoms with Gasteiger partial charge in [-0.15, -0.1) is 0 Å². The molecule has 2 aromatic rings. The molecule has 1 atom stereocenters. The van der Waals surface area contributed by atoms with Gasteiger partial charge in [0.05, 0.1) is 10.5 Å². The number of carbonyl (C=O) groups excluding carboxylic acids is 1. The summed E-state index contributed by atoms with van der Waals surface area (Å²) in [6, 6.07) is 15.0. The van der Waals surface area contributed by atoms with Crippen LogP contribution in [0.2, 0.25) is 0 Å². The Morgan fingerprint density at radius 1 is 1.06 bits per heavy atom. The lowest BCUT2D eigenvalue weighted by atomic mass is 10.0. The van der Waals surface area contributed by atoms with Crippen LogP contribution in [-0.2, 0) is 10.0 Å². The number of nitrogens with one attached hydrogen (secondary N) is 1. The number of hydrogen-bond acceptors (Lipinski definition) is 4. The summed E-state index contributed by atoms with van der Waals surface area (Å²) in [6.07, 6.45) is 2.15. The highest BCUT2D eigenvalue weighted by Gasteiger charge is 2.26. The van der Waals surface area contributed by atoms with Crippen LogP contribution in [0.5, 0.6) is 0 Å². The Hall–Kier alpha value is -2.38. The SMILES string of the molecule is CCN(CC)S(=O)(=O)c1ccc(N2CCCC2)c(C(=O)NC[C@@H](C)c2ccccc2)c1. The second kappa shape index (κ2) is 10.3. The second-order valence-electron chi connectivity index (χ2n) is 7.98. The zero-order chi connectivity index (χ0) is 22.4. The monoisotopic (exact) mass is 443 g/mol. The summed E-state index contributed by atoms with van der Waals surface area (Å²) in [7, 11) is -3.64. The van der Waals surface area contributed by atoms with Crippen molar-refractivity contribution in [2.75, 3.05) is 37.6 Å². The molecule has 1 aliphatic rings. The predicted octanol–water partition coefficient (Wildman–Crippen LogP) is 3.85. The van der Waals surface area contributed by atoms with Crippen molar-refractivity contribution in [3.05, 3.63) is 59.7 Å².